The topological polar surface area (TPSA) is 62.6 Å². The van der Waals surface area contributed by atoms with E-state index < -0.39 is 0 Å². The van der Waals surface area contributed by atoms with Crippen LogP contribution in [0.2, 0.25) is 0 Å². The van der Waals surface area contributed by atoms with Gasteiger partial charge in [0.2, 0.25) is 5.91 Å². The van der Waals surface area contributed by atoms with E-state index in [0.29, 0.717) is 30.8 Å². The number of hydrogen-bond donors (Lipinski definition) is 1. The molecule has 0 bridgehead atoms. The quantitative estimate of drug-likeness (QED) is 0.788. The Bertz CT molecular complexity index is 411. The fraction of sp³-hybridized carbons (Fsp3) is 0.455. The van der Waals surface area contributed by atoms with Gasteiger partial charge in [0.25, 0.3) is 5.91 Å². The second-order valence-corrected chi connectivity index (χ2v) is 3.69. The molecule has 0 aromatic carbocycles. The fourth-order valence-electron chi connectivity index (χ4n) is 1.79. The zero-order chi connectivity index (χ0) is 11.5. The highest BCUT2D eigenvalue weighted by Gasteiger charge is 2.24. The molecule has 5 nitrogen and oxygen atoms in total. The molecule has 0 saturated carbocycles. The summed E-state index contributed by atoms with van der Waals surface area (Å²) in [7, 11) is 0. The molecule has 1 aliphatic heterocycles. The van der Waals surface area contributed by atoms with Gasteiger partial charge < -0.3 is 14.6 Å². The summed E-state index contributed by atoms with van der Waals surface area (Å²) in [6.45, 7) is 3.13. The second kappa shape index (κ2) is 4.38. The van der Waals surface area contributed by atoms with Crippen LogP contribution in [0.3, 0.4) is 0 Å². The van der Waals surface area contributed by atoms with Crippen LogP contribution in [0, 0.1) is 0 Å². The van der Waals surface area contributed by atoms with Crippen LogP contribution in [0.25, 0.3) is 0 Å². The zero-order valence-corrected chi connectivity index (χ0v) is 9.16. The van der Waals surface area contributed by atoms with Crippen molar-refractivity contribution in [2.45, 2.75) is 13.3 Å². The smallest absolute Gasteiger partial charge is 0.257 e. The third-order valence-corrected chi connectivity index (χ3v) is 2.62. The lowest BCUT2D eigenvalue weighted by molar-refractivity contribution is -0.123. The predicted octanol–water partition coefficient (Wildman–Crippen LogP) is 0.414. The summed E-state index contributed by atoms with van der Waals surface area (Å²) >= 11 is 0. The molecule has 2 amide bonds. The molecule has 1 aliphatic rings. The minimum Gasteiger partial charge on any atom is -0.469 e. The fourth-order valence-corrected chi connectivity index (χ4v) is 1.79. The summed E-state index contributed by atoms with van der Waals surface area (Å²) in [4.78, 5) is 24.8. The first kappa shape index (κ1) is 10.7. The summed E-state index contributed by atoms with van der Waals surface area (Å²) < 4.78 is 5.20. The highest BCUT2D eigenvalue weighted by molar-refractivity contribution is 5.97. The molecule has 1 N–H and O–H groups in total. The van der Waals surface area contributed by atoms with E-state index in [0.717, 1.165) is 0 Å². The van der Waals surface area contributed by atoms with Crippen molar-refractivity contribution in [2.24, 2.45) is 0 Å². The molecule has 1 saturated heterocycles. The number of aryl methyl sites for hydroxylation is 1. The first-order valence-electron chi connectivity index (χ1n) is 5.34. The van der Waals surface area contributed by atoms with Gasteiger partial charge in [0.05, 0.1) is 18.4 Å². The highest BCUT2D eigenvalue weighted by Crippen LogP contribution is 2.14. The second-order valence-electron chi connectivity index (χ2n) is 3.69. The Morgan fingerprint density at radius 3 is 3.12 bits per heavy atom. The third kappa shape index (κ3) is 1.93. The van der Waals surface area contributed by atoms with Crippen LogP contribution in [0.1, 0.15) is 23.0 Å². The highest BCUT2D eigenvalue weighted by atomic mass is 16.3. The van der Waals surface area contributed by atoms with Gasteiger partial charge in [-0.15, -0.1) is 0 Å². The summed E-state index contributed by atoms with van der Waals surface area (Å²) in [5, 5.41) is 2.68. The van der Waals surface area contributed by atoms with Crippen molar-refractivity contribution in [3.05, 3.63) is 23.7 Å². The summed E-state index contributed by atoms with van der Waals surface area (Å²) in [5.74, 6) is 0.442. The molecule has 1 aromatic heterocycles. The van der Waals surface area contributed by atoms with Gasteiger partial charge in [-0.2, -0.15) is 0 Å². The van der Waals surface area contributed by atoms with Gasteiger partial charge in [0.1, 0.15) is 5.76 Å². The van der Waals surface area contributed by atoms with Crippen LogP contribution in [-0.2, 0) is 11.2 Å². The maximum absolute atomic E-state index is 12.1. The Kier molecular flexibility index (Phi) is 2.94. The van der Waals surface area contributed by atoms with E-state index in [1.807, 2.05) is 6.92 Å². The van der Waals surface area contributed by atoms with Gasteiger partial charge in [-0.3, -0.25) is 9.59 Å². The molecule has 0 spiro atoms. The minimum absolute atomic E-state index is 0.110. The Morgan fingerprint density at radius 1 is 1.62 bits per heavy atom. The molecule has 16 heavy (non-hydrogen) atoms. The molecular formula is C11H14N2O3. The molecule has 86 valence electrons. The molecule has 5 heteroatoms. The van der Waals surface area contributed by atoms with Gasteiger partial charge in [-0.25, -0.2) is 0 Å². The SMILES string of the molecule is CCc1occc1C(=O)N1CCNC(=O)C1. The van der Waals surface area contributed by atoms with E-state index in [2.05, 4.69) is 5.32 Å². The Hall–Kier alpha value is -1.78. The van der Waals surface area contributed by atoms with E-state index in [1.165, 1.54) is 6.26 Å². The van der Waals surface area contributed by atoms with Crippen LogP contribution >= 0.6 is 0 Å². The molecule has 0 aliphatic carbocycles. The Labute approximate surface area is 93.4 Å². The summed E-state index contributed by atoms with van der Waals surface area (Å²) in [5.41, 5.74) is 0.567. The summed E-state index contributed by atoms with van der Waals surface area (Å²) in [6.07, 6.45) is 2.18. The Balaban J connectivity index is 2.15. The number of piperazine rings is 1. The van der Waals surface area contributed by atoms with E-state index in [4.69, 9.17) is 4.42 Å². The van der Waals surface area contributed by atoms with Crippen LogP contribution in [-0.4, -0.2) is 36.3 Å². The molecular weight excluding hydrogens is 208 g/mol. The Morgan fingerprint density at radius 2 is 2.44 bits per heavy atom. The van der Waals surface area contributed by atoms with Crippen LogP contribution < -0.4 is 5.32 Å². The van der Waals surface area contributed by atoms with E-state index in [-0.39, 0.29) is 18.4 Å². The molecule has 1 aromatic rings. The number of carbonyl (C=O) groups excluding carboxylic acids is 2. The van der Waals surface area contributed by atoms with Gasteiger partial charge in [-0.05, 0) is 6.07 Å². The van der Waals surface area contributed by atoms with Gasteiger partial charge in [-0.1, -0.05) is 6.92 Å². The lowest BCUT2D eigenvalue weighted by Crippen LogP contribution is -2.50. The van der Waals surface area contributed by atoms with E-state index in [9.17, 15) is 9.59 Å². The molecule has 0 atom stereocenters. The van der Waals surface area contributed by atoms with Crippen molar-refractivity contribution in [1.29, 1.82) is 0 Å². The maximum Gasteiger partial charge on any atom is 0.257 e. The van der Waals surface area contributed by atoms with Crippen LogP contribution in [0.15, 0.2) is 16.7 Å². The van der Waals surface area contributed by atoms with Crippen molar-refractivity contribution >= 4 is 11.8 Å². The maximum atomic E-state index is 12.1. The molecule has 0 unspecified atom stereocenters. The zero-order valence-electron chi connectivity index (χ0n) is 9.16. The monoisotopic (exact) mass is 222 g/mol. The number of nitrogens with one attached hydrogen (secondary N) is 1. The molecule has 2 heterocycles. The van der Waals surface area contributed by atoms with Crippen molar-refractivity contribution in [3.8, 4) is 0 Å². The lowest BCUT2D eigenvalue weighted by Gasteiger charge is -2.26. The largest absolute Gasteiger partial charge is 0.469 e. The van der Waals surface area contributed by atoms with E-state index in [1.54, 1.807) is 11.0 Å². The number of rotatable bonds is 2. The van der Waals surface area contributed by atoms with Crippen LogP contribution in [0.5, 0.6) is 0 Å². The average Bonchev–Trinajstić information content (AvgIpc) is 2.76. The first-order valence-corrected chi connectivity index (χ1v) is 5.34. The van der Waals surface area contributed by atoms with Gasteiger partial charge in [0, 0.05) is 19.5 Å². The normalized spacial score (nSPS) is 16.1. The lowest BCUT2D eigenvalue weighted by atomic mass is 10.2. The van der Waals surface area contributed by atoms with Crippen molar-refractivity contribution in [2.75, 3.05) is 19.6 Å². The minimum atomic E-state index is -0.125. The standard InChI is InChI=1S/C11H14N2O3/c1-2-9-8(3-6-16-9)11(15)13-5-4-12-10(14)7-13/h3,6H,2,4-5,7H2,1H3,(H,12,14). The molecule has 0 radical (unpaired) electrons. The predicted molar refractivity (Wildman–Crippen MR) is 57.0 cm³/mol. The van der Waals surface area contributed by atoms with Crippen molar-refractivity contribution in [1.82, 2.24) is 10.2 Å². The number of nitrogens with zero attached hydrogens (tertiary/aromatic N) is 1. The van der Waals surface area contributed by atoms with Crippen LogP contribution in [0.4, 0.5) is 0 Å². The van der Waals surface area contributed by atoms with Crippen molar-refractivity contribution < 1.29 is 14.0 Å². The first-order chi connectivity index (χ1) is 7.72. The molecule has 1 fully saturated rings. The third-order valence-electron chi connectivity index (χ3n) is 2.62. The van der Waals surface area contributed by atoms with Gasteiger partial charge in [0.15, 0.2) is 0 Å². The number of furan rings is 1. The number of hydrogen-bond acceptors (Lipinski definition) is 3. The number of carbonyl (C=O) groups is 2. The van der Waals surface area contributed by atoms with Gasteiger partial charge >= 0.3 is 0 Å². The van der Waals surface area contributed by atoms with Crippen molar-refractivity contribution in [3.63, 3.8) is 0 Å². The number of amides is 2. The average molecular weight is 222 g/mol. The summed E-state index contributed by atoms with van der Waals surface area (Å²) in [6, 6.07) is 1.66. The molecule has 2 rings (SSSR count). The van der Waals surface area contributed by atoms with E-state index >= 15 is 0 Å².